The smallest absolute Gasteiger partial charge is 0.160 e. The van der Waals surface area contributed by atoms with Gasteiger partial charge in [-0.3, -0.25) is 0 Å². The highest BCUT2D eigenvalue weighted by Crippen LogP contribution is 2.28. The number of nitrogens with zero attached hydrogens (tertiary/aromatic N) is 2. The molecule has 0 saturated heterocycles. The van der Waals surface area contributed by atoms with Gasteiger partial charge >= 0.3 is 0 Å². The van der Waals surface area contributed by atoms with Gasteiger partial charge in [0.1, 0.15) is 5.75 Å². The van der Waals surface area contributed by atoms with Crippen molar-refractivity contribution in [1.29, 1.82) is 0 Å². The van der Waals surface area contributed by atoms with Crippen LogP contribution in [0.25, 0.3) is 33.9 Å². The predicted molar refractivity (Wildman–Crippen MR) is 110 cm³/mol. The third-order valence-corrected chi connectivity index (χ3v) is 4.54. The third kappa shape index (κ3) is 3.98. The molecule has 1 aliphatic carbocycles. The fraction of sp³-hybridized carbons (Fsp3) is 0.167. The van der Waals surface area contributed by atoms with Crippen molar-refractivity contribution in [3.05, 3.63) is 78.9 Å². The molecule has 0 spiro atoms. The highest BCUT2D eigenvalue weighted by atomic mass is 16.5. The van der Waals surface area contributed by atoms with Gasteiger partial charge in [0.25, 0.3) is 0 Å². The average Bonchev–Trinajstić information content (AvgIpc) is 3.04. The molecule has 3 nitrogen and oxygen atoms in total. The molecule has 0 unspecified atom stereocenters. The Balaban J connectivity index is 1.57. The van der Waals surface area contributed by atoms with Crippen LogP contribution in [-0.4, -0.2) is 16.6 Å². The standard InChI is InChI=1S/C24H22N2O/c1-2-3-17-27-21-13-15-22-23(16-14-21)26-24(25-22)20-11-9-19(10-12-20)18-7-5-4-6-8-18/h4-16H,2-3,17H2,1H3. The molecule has 0 aromatic heterocycles. The molecule has 0 bridgehead atoms. The number of imidazole rings is 1. The summed E-state index contributed by atoms with van der Waals surface area (Å²) < 4.78 is 5.76. The van der Waals surface area contributed by atoms with Crippen molar-refractivity contribution in [3.8, 4) is 39.7 Å². The normalized spacial score (nSPS) is 10.9. The molecule has 1 aliphatic heterocycles. The molecule has 2 aliphatic rings. The number of ether oxygens (including phenoxy) is 1. The number of unbranched alkanes of at least 4 members (excludes halogenated alkanes) is 1. The summed E-state index contributed by atoms with van der Waals surface area (Å²) in [6.07, 6.45) is 2.19. The van der Waals surface area contributed by atoms with E-state index < -0.39 is 0 Å². The molecule has 0 atom stereocenters. The van der Waals surface area contributed by atoms with Crippen LogP contribution in [0.15, 0.2) is 78.9 Å². The molecular weight excluding hydrogens is 332 g/mol. The Kier molecular flexibility index (Phi) is 5.10. The summed E-state index contributed by atoms with van der Waals surface area (Å²) in [5, 5.41) is 0. The van der Waals surface area contributed by atoms with E-state index in [0.717, 1.165) is 48.0 Å². The number of hydrogen-bond donors (Lipinski definition) is 0. The van der Waals surface area contributed by atoms with Crippen LogP contribution in [0.2, 0.25) is 0 Å². The summed E-state index contributed by atoms with van der Waals surface area (Å²) in [7, 11) is 0. The average molecular weight is 354 g/mol. The Bertz CT molecular complexity index is 947. The number of hydrogen-bond acceptors (Lipinski definition) is 3. The van der Waals surface area contributed by atoms with Crippen molar-refractivity contribution in [2.24, 2.45) is 0 Å². The van der Waals surface area contributed by atoms with Crippen molar-refractivity contribution in [2.75, 3.05) is 6.61 Å². The molecule has 0 radical (unpaired) electrons. The molecule has 0 amide bonds. The number of fused-ring (bicyclic) bond motifs is 1. The second-order valence-corrected chi connectivity index (χ2v) is 6.53. The van der Waals surface area contributed by atoms with Gasteiger partial charge < -0.3 is 4.74 Å². The summed E-state index contributed by atoms with van der Waals surface area (Å²) in [5.41, 5.74) is 5.17. The molecule has 0 N–H and O–H groups in total. The van der Waals surface area contributed by atoms with Gasteiger partial charge in [-0.2, -0.15) is 0 Å². The molecule has 27 heavy (non-hydrogen) atoms. The van der Waals surface area contributed by atoms with Gasteiger partial charge in [0.2, 0.25) is 0 Å². The molecule has 1 heterocycles. The zero-order valence-corrected chi connectivity index (χ0v) is 15.4. The summed E-state index contributed by atoms with van der Waals surface area (Å²) in [5.74, 6) is 1.61. The van der Waals surface area contributed by atoms with Gasteiger partial charge in [-0.05, 0) is 41.8 Å². The maximum atomic E-state index is 5.76. The Labute approximate surface area is 160 Å². The lowest BCUT2D eigenvalue weighted by Gasteiger charge is -2.02. The van der Waals surface area contributed by atoms with Crippen molar-refractivity contribution in [2.45, 2.75) is 19.8 Å². The van der Waals surface area contributed by atoms with E-state index in [1.807, 2.05) is 30.3 Å². The van der Waals surface area contributed by atoms with E-state index in [2.05, 4.69) is 55.5 Å². The molecule has 3 heteroatoms. The molecular formula is C24H22N2O. The summed E-state index contributed by atoms with van der Waals surface area (Å²) in [6.45, 7) is 2.90. The van der Waals surface area contributed by atoms with E-state index in [1.165, 1.54) is 11.1 Å². The number of aromatic nitrogens is 2. The first-order valence-electron chi connectivity index (χ1n) is 9.40. The lowest BCUT2D eigenvalue weighted by atomic mass is 10.0. The summed E-state index contributed by atoms with van der Waals surface area (Å²) in [6, 6.07) is 26.6. The largest absolute Gasteiger partial charge is 0.494 e. The lowest BCUT2D eigenvalue weighted by molar-refractivity contribution is 0.309. The minimum absolute atomic E-state index is 0.741. The van der Waals surface area contributed by atoms with Crippen molar-refractivity contribution in [3.63, 3.8) is 0 Å². The number of rotatable bonds is 6. The van der Waals surface area contributed by atoms with Crippen LogP contribution in [0.4, 0.5) is 0 Å². The van der Waals surface area contributed by atoms with E-state index in [0.29, 0.717) is 0 Å². The van der Waals surface area contributed by atoms with Crippen LogP contribution >= 0.6 is 0 Å². The number of benzene rings is 2. The van der Waals surface area contributed by atoms with Crippen LogP contribution in [0, 0.1) is 0 Å². The Hall–Kier alpha value is -3.20. The van der Waals surface area contributed by atoms with E-state index >= 15 is 0 Å². The molecule has 134 valence electrons. The van der Waals surface area contributed by atoms with Gasteiger partial charge in [-0.15, -0.1) is 0 Å². The van der Waals surface area contributed by atoms with E-state index in [1.54, 1.807) is 0 Å². The minimum Gasteiger partial charge on any atom is -0.494 e. The Morgan fingerprint density at radius 2 is 1.26 bits per heavy atom. The summed E-state index contributed by atoms with van der Waals surface area (Å²) in [4.78, 5) is 9.39. The topological polar surface area (TPSA) is 35.0 Å². The van der Waals surface area contributed by atoms with Crippen LogP contribution in [0.1, 0.15) is 19.8 Å². The first-order valence-corrected chi connectivity index (χ1v) is 9.40. The van der Waals surface area contributed by atoms with Crippen molar-refractivity contribution >= 4 is 0 Å². The van der Waals surface area contributed by atoms with Crippen LogP contribution in [-0.2, 0) is 0 Å². The van der Waals surface area contributed by atoms with Crippen molar-refractivity contribution < 1.29 is 4.74 Å². The van der Waals surface area contributed by atoms with Crippen LogP contribution < -0.4 is 4.74 Å². The fourth-order valence-corrected chi connectivity index (χ4v) is 2.99. The van der Waals surface area contributed by atoms with E-state index in [9.17, 15) is 0 Å². The van der Waals surface area contributed by atoms with E-state index in [4.69, 9.17) is 14.7 Å². The van der Waals surface area contributed by atoms with Crippen molar-refractivity contribution in [1.82, 2.24) is 9.97 Å². The Morgan fingerprint density at radius 1 is 0.667 bits per heavy atom. The highest BCUT2D eigenvalue weighted by Gasteiger charge is 2.11. The van der Waals surface area contributed by atoms with Gasteiger partial charge in [0.15, 0.2) is 5.82 Å². The maximum Gasteiger partial charge on any atom is 0.160 e. The fourth-order valence-electron chi connectivity index (χ4n) is 2.99. The predicted octanol–water partition coefficient (Wildman–Crippen LogP) is 6.09. The van der Waals surface area contributed by atoms with Crippen LogP contribution in [0.3, 0.4) is 0 Å². The quantitative estimate of drug-likeness (QED) is 0.393. The van der Waals surface area contributed by atoms with Gasteiger partial charge in [-0.25, -0.2) is 9.97 Å². The molecule has 0 saturated carbocycles. The second kappa shape index (κ2) is 8.00. The molecule has 2 aromatic rings. The van der Waals surface area contributed by atoms with Gasteiger partial charge in [0, 0.05) is 5.56 Å². The lowest BCUT2D eigenvalue weighted by Crippen LogP contribution is -1.94. The van der Waals surface area contributed by atoms with Gasteiger partial charge in [-0.1, -0.05) is 67.9 Å². The van der Waals surface area contributed by atoms with Gasteiger partial charge in [0.05, 0.1) is 18.0 Å². The molecule has 2 aromatic carbocycles. The second-order valence-electron chi connectivity index (χ2n) is 6.53. The third-order valence-electron chi connectivity index (χ3n) is 4.54. The molecule has 4 rings (SSSR count). The Morgan fingerprint density at radius 3 is 1.89 bits per heavy atom. The highest BCUT2D eigenvalue weighted by molar-refractivity contribution is 5.70. The monoisotopic (exact) mass is 354 g/mol. The van der Waals surface area contributed by atoms with Crippen LogP contribution in [0.5, 0.6) is 5.75 Å². The zero-order valence-electron chi connectivity index (χ0n) is 15.4. The SMILES string of the molecule is CCCCOc1ccc2nc(-c3ccc(-c4ccccc4)cc3)nc-2cc1. The molecule has 0 fully saturated rings. The minimum atomic E-state index is 0.741. The van der Waals surface area contributed by atoms with E-state index in [-0.39, 0.29) is 0 Å². The summed E-state index contributed by atoms with van der Waals surface area (Å²) >= 11 is 0. The first-order chi connectivity index (χ1) is 13.3. The maximum absolute atomic E-state index is 5.76. The zero-order chi connectivity index (χ0) is 18.5. The first kappa shape index (κ1) is 17.2.